The Hall–Kier alpha value is -1.32. The lowest BCUT2D eigenvalue weighted by atomic mass is 10.2. The first-order chi connectivity index (χ1) is 8.86. The number of fused-ring (bicyclic) bond motifs is 1. The van der Waals surface area contributed by atoms with Gasteiger partial charge in [0.15, 0.2) is 0 Å². The molecule has 2 heterocycles. The summed E-state index contributed by atoms with van der Waals surface area (Å²) in [5.41, 5.74) is 1.03. The molecule has 94 valence electrons. The van der Waals surface area contributed by atoms with E-state index in [1.54, 1.807) is 0 Å². The van der Waals surface area contributed by atoms with Crippen LogP contribution in [0.15, 0.2) is 36.4 Å². The van der Waals surface area contributed by atoms with E-state index in [2.05, 4.69) is 23.1 Å². The second-order valence-corrected chi connectivity index (χ2v) is 4.76. The molecular formula is C14H15ClN2O. The number of halogens is 1. The number of benzene rings is 1. The lowest BCUT2D eigenvalue weighted by Crippen LogP contribution is -2.43. The molecule has 0 saturated carbocycles. The number of aromatic nitrogens is 1. The maximum Gasteiger partial charge on any atom is 0.129 e. The van der Waals surface area contributed by atoms with Crippen molar-refractivity contribution >= 4 is 28.3 Å². The molecule has 3 rings (SSSR count). The first-order valence-corrected chi connectivity index (χ1v) is 6.68. The minimum Gasteiger partial charge on any atom is -0.373 e. The van der Waals surface area contributed by atoms with Crippen molar-refractivity contribution in [2.24, 2.45) is 0 Å². The standard InChI is InChI=1S/C14H15ClN2O/c15-9-12-10-17(7-8-18-12)14-6-5-11-3-1-2-4-13(11)16-14/h1-6,12H,7-10H2. The van der Waals surface area contributed by atoms with E-state index in [1.807, 2.05) is 18.2 Å². The zero-order chi connectivity index (χ0) is 12.4. The van der Waals surface area contributed by atoms with E-state index in [0.29, 0.717) is 12.5 Å². The Morgan fingerprint density at radius 1 is 1.28 bits per heavy atom. The Kier molecular flexibility index (Phi) is 3.35. The average Bonchev–Trinajstić information content (AvgIpc) is 2.47. The first-order valence-electron chi connectivity index (χ1n) is 6.15. The van der Waals surface area contributed by atoms with Crippen LogP contribution in [0.2, 0.25) is 0 Å². The molecule has 1 aliphatic rings. The fourth-order valence-corrected chi connectivity index (χ4v) is 2.44. The highest BCUT2D eigenvalue weighted by atomic mass is 35.5. The Balaban J connectivity index is 1.89. The molecule has 0 N–H and O–H groups in total. The van der Waals surface area contributed by atoms with Gasteiger partial charge in [-0.05, 0) is 18.2 Å². The lowest BCUT2D eigenvalue weighted by molar-refractivity contribution is 0.0552. The number of nitrogens with zero attached hydrogens (tertiary/aromatic N) is 2. The van der Waals surface area contributed by atoms with Crippen LogP contribution in [0.5, 0.6) is 0 Å². The van der Waals surface area contributed by atoms with Gasteiger partial charge >= 0.3 is 0 Å². The zero-order valence-corrected chi connectivity index (χ0v) is 10.8. The van der Waals surface area contributed by atoms with Crippen molar-refractivity contribution in [1.29, 1.82) is 0 Å². The highest BCUT2D eigenvalue weighted by molar-refractivity contribution is 6.18. The molecule has 1 unspecified atom stereocenters. The molecule has 1 atom stereocenters. The quantitative estimate of drug-likeness (QED) is 0.778. The van der Waals surface area contributed by atoms with Gasteiger partial charge in [-0.15, -0.1) is 11.6 Å². The fraction of sp³-hybridized carbons (Fsp3) is 0.357. The fourth-order valence-electron chi connectivity index (χ4n) is 2.25. The number of hydrogen-bond donors (Lipinski definition) is 0. The predicted molar refractivity (Wildman–Crippen MR) is 74.4 cm³/mol. The molecule has 1 fully saturated rings. The first kappa shape index (κ1) is 11.8. The largest absolute Gasteiger partial charge is 0.373 e. The number of pyridine rings is 1. The molecule has 1 saturated heterocycles. The molecule has 0 amide bonds. The van der Waals surface area contributed by atoms with Gasteiger partial charge < -0.3 is 9.64 Å². The third-order valence-corrected chi connectivity index (χ3v) is 3.56. The highest BCUT2D eigenvalue weighted by Gasteiger charge is 2.20. The van der Waals surface area contributed by atoms with Crippen LogP contribution in [0.25, 0.3) is 10.9 Å². The molecule has 1 aliphatic heterocycles. The van der Waals surface area contributed by atoms with Gasteiger partial charge in [0.25, 0.3) is 0 Å². The highest BCUT2D eigenvalue weighted by Crippen LogP contribution is 2.20. The number of ether oxygens (including phenoxy) is 1. The number of para-hydroxylation sites is 1. The Labute approximate surface area is 111 Å². The lowest BCUT2D eigenvalue weighted by Gasteiger charge is -2.32. The smallest absolute Gasteiger partial charge is 0.129 e. The number of rotatable bonds is 2. The second kappa shape index (κ2) is 5.12. The van der Waals surface area contributed by atoms with Crippen molar-refractivity contribution in [3.8, 4) is 0 Å². The van der Waals surface area contributed by atoms with E-state index >= 15 is 0 Å². The number of alkyl halides is 1. The molecule has 2 aromatic rings. The van der Waals surface area contributed by atoms with Crippen LogP contribution in [0.3, 0.4) is 0 Å². The van der Waals surface area contributed by atoms with Gasteiger partial charge in [-0.2, -0.15) is 0 Å². The second-order valence-electron chi connectivity index (χ2n) is 4.46. The van der Waals surface area contributed by atoms with Gasteiger partial charge in [0.2, 0.25) is 0 Å². The minimum atomic E-state index is 0.105. The normalized spacial score (nSPS) is 20.3. The number of anilines is 1. The van der Waals surface area contributed by atoms with E-state index in [4.69, 9.17) is 21.3 Å². The van der Waals surface area contributed by atoms with E-state index in [9.17, 15) is 0 Å². The third-order valence-electron chi connectivity index (χ3n) is 3.22. The molecule has 0 aliphatic carbocycles. The van der Waals surface area contributed by atoms with Crippen LogP contribution in [0, 0.1) is 0 Å². The SMILES string of the molecule is ClCC1CN(c2ccc3ccccc3n2)CCO1. The molecule has 1 aromatic heterocycles. The van der Waals surface area contributed by atoms with E-state index in [-0.39, 0.29) is 6.10 Å². The van der Waals surface area contributed by atoms with Gasteiger partial charge in [0.1, 0.15) is 5.82 Å². The van der Waals surface area contributed by atoms with Crippen LogP contribution in [-0.2, 0) is 4.74 Å². The van der Waals surface area contributed by atoms with Crippen LogP contribution >= 0.6 is 11.6 Å². The molecule has 0 radical (unpaired) electrons. The van der Waals surface area contributed by atoms with E-state index < -0.39 is 0 Å². The summed E-state index contributed by atoms with van der Waals surface area (Å²) in [5.74, 6) is 1.54. The molecule has 3 nitrogen and oxygen atoms in total. The summed E-state index contributed by atoms with van der Waals surface area (Å²) in [5, 5.41) is 1.17. The average molecular weight is 263 g/mol. The molecule has 0 spiro atoms. The molecule has 0 bridgehead atoms. The molecular weight excluding hydrogens is 248 g/mol. The van der Waals surface area contributed by atoms with Crippen LogP contribution in [-0.4, -0.2) is 36.7 Å². The molecule has 1 aromatic carbocycles. The van der Waals surface area contributed by atoms with E-state index in [1.165, 1.54) is 5.39 Å². The zero-order valence-electron chi connectivity index (χ0n) is 10.1. The predicted octanol–water partition coefficient (Wildman–Crippen LogP) is 2.68. The van der Waals surface area contributed by atoms with Crippen LogP contribution < -0.4 is 4.90 Å². The van der Waals surface area contributed by atoms with Gasteiger partial charge in [0.05, 0.1) is 24.1 Å². The number of morpholine rings is 1. The van der Waals surface area contributed by atoms with Gasteiger partial charge in [-0.3, -0.25) is 0 Å². The Morgan fingerprint density at radius 3 is 3.06 bits per heavy atom. The van der Waals surface area contributed by atoms with Crippen molar-refractivity contribution in [2.75, 3.05) is 30.5 Å². The summed E-state index contributed by atoms with van der Waals surface area (Å²) in [6, 6.07) is 12.3. The maximum atomic E-state index is 5.86. The number of hydrogen-bond acceptors (Lipinski definition) is 3. The third kappa shape index (κ3) is 2.28. The summed E-state index contributed by atoms with van der Waals surface area (Å²) >= 11 is 5.86. The van der Waals surface area contributed by atoms with Crippen molar-refractivity contribution in [2.45, 2.75) is 6.10 Å². The molecule has 18 heavy (non-hydrogen) atoms. The monoisotopic (exact) mass is 262 g/mol. The van der Waals surface area contributed by atoms with Crippen molar-refractivity contribution < 1.29 is 4.74 Å². The maximum absolute atomic E-state index is 5.86. The van der Waals surface area contributed by atoms with Gasteiger partial charge in [0, 0.05) is 18.5 Å². The van der Waals surface area contributed by atoms with Gasteiger partial charge in [-0.25, -0.2) is 4.98 Å². The van der Waals surface area contributed by atoms with Crippen molar-refractivity contribution in [1.82, 2.24) is 4.98 Å². The van der Waals surface area contributed by atoms with Gasteiger partial charge in [-0.1, -0.05) is 18.2 Å². The summed E-state index contributed by atoms with van der Waals surface area (Å²) < 4.78 is 5.56. The minimum absolute atomic E-state index is 0.105. The topological polar surface area (TPSA) is 25.4 Å². The van der Waals surface area contributed by atoms with Crippen molar-refractivity contribution in [3.05, 3.63) is 36.4 Å². The van der Waals surface area contributed by atoms with Crippen LogP contribution in [0.4, 0.5) is 5.82 Å². The summed E-state index contributed by atoms with van der Waals surface area (Å²) in [6.07, 6.45) is 0.105. The van der Waals surface area contributed by atoms with E-state index in [0.717, 1.165) is 24.4 Å². The summed E-state index contributed by atoms with van der Waals surface area (Å²) in [4.78, 5) is 6.93. The summed E-state index contributed by atoms with van der Waals surface area (Å²) in [6.45, 7) is 2.40. The Bertz CT molecular complexity index is 546. The molecule has 4 heteroatoms. The Morgan fingerprint density at radius 2 is 2.17 bits per heavy atom. The van der Waals surface area contributed by atoms with Crippen LogP contribution in [0.1, 0.15) is 0 Å². The van der Waals surface area contributed by atoms with Crippen molar-refractivity contribution in [3.63, 3.8) is 0 Å². The summed E-state index contributed by atoms with van der Waals surface area (Å²) in [7, 11) is 0.